The summed E-state index contributed by atoms with van der Waals surface area (Å²) in [5.41, 5.74) is -1.29. The van der Waals surface area contributed by atoms with Crippen LogP contribution >= 0.6 is 0 Å². The Kier molecular flexibility index (Phi) is 24.6. The van der Waals surface area contributed by atoms with Crippen molar-refractivity contribution in [2.75, 3.05) is 91.4 Å². The standard InChI is InChI=1S/C14H19NO8.C11H19NO6.C4H6O4/c1-19-9(20-2)7-15-6-8(13(17)22-4)11(16)12(21-3)10(15)14(18)23-5;1-15-7-9(13)8(11(14)18-4)5-12-6-10(16-2)17-3;1-7-3(5)4(6)8-2/h6,9H,7H2,1-5H3;5,10,13H,6-7H2,1-4H3;1-2H3. The highest BCUT2D eigenvalue weighted by Crippen LogP contribution is 2.18. The van der Waals surface area contributed by atoms with Crippen molar-refractivity contribution in [1.29, 1.82) is 0 Å². The van der Waals surface area contributed by atoms with Crippen molar-refractivity contribution < 1.29 is 81.2 Å². The number of carbonyl (C=O) groups is 5. The van der Waals surface area contributed by atoms with Gasteiger partial charge in [-0.05, 0) is 0 Å². The van der Waals surface area contributed by atoms with Gasteiger partial charge in [0.15, 0.2) is 24.0 Å². The molecule has 0 atom stereocenters. The lowest BCUT2D eigenvalue weighted by atomic mass is 10.2. The summed E-state index contributed by atoms with van der Waals surface area (Å²) in [6.07, 6.45) is 1.14. The molecule has 1 rings (SSSR count). The van der Waals surface area contributed by atoms with Gasteiger partial charge in [-0.25, -0.2) is 24.0 Å². The molecule has 0 aliphatic heterocycles. The predicted molar refractivity (Wildman–Crippen MR) is 166 cm³/mol. The molecule has 0 saturated carbocycles. The quantitative estimate of drug-likeness (QED) is 0.0467. The molecule has 0 aromatic carbocycles. The number of aromatic nitrogens is 1. The smallest absolute Gasteiger partial charge is 0.417 e. The predicted octanol–water partition coefficient (Wildman–Crippen LogP) is -0.311. The molecule has 0 aliphatic rings. The molecule has 0 saturated heterocycles. The minimum Gasteiger partial charge on any atom is -0.509 e. The summed E-state index contributed by atoms with van der Waals surface area (Å²) < 4.78 is 52.7. The van der Waals surface area contributed by atoms with Crippen molar-refractivity contribution in [2.24, 2.45) is 4.99 Å². The van der Waals surface area contributed by atoms with Crippen LogP contribution in [-0.2, 0) is 68.3 Å². The lowest BCUT2D eigenvalue weighted by molar-refractivity contribution is -0.164. The van der Waals surface area contributed by atoms with Gasteiger partial charge in [0.2, 0.25) is 5.43 Å². The highest BCUT2D eigenvalue weighted by atomic mass is 16.7. The molecule has 1 aromatic heterocycles. The minimum absolute atomic E-state index is 0.0120. The van der Waals surface area contributed by atoms with Gasteiger partial charge in [0, 0.05) is 48.0 Å². The Morgan fingerprint density at radius 3 is 1.61 bits per heavy atom. The van der Waals surface area contributed by atoms with Crippen molar-refractivity contribution in [2.45, 2.75) is 19.1 Å². The molecule has 0 spiro atoms. The minimum atomic E-state index is -0.979. The maximum Gasteiger partial charge on any atom is 0.417 e. The molecule has 0 fully saturated rings. The zero-order valence-electron chi connectivity index (χ0n) is 29.2. The first-order valence-corrected chi connectivity index (χ1v) is 13.5. The summed E-state index contributed by atoms with van der Waals surface area (Å²) in [7, 11) is 14.1. The number of rotatable bonds is 15. The van der Waals surface area contributed by atoms with Crippen molar-refractivity contribution in [3.05, 3.63) is 39.0 Å². The highest BCUT2D eigenvalue weighted by Gasteiger charge is 2.27. The summed E-state index contributed by atoms with van der Waals surface area (Å²) in [6, 6.07) is 0. The summed E-state index contributed by atoms with van der Waals surface area (Å²) in [5, 5.41) is 9.59. The topological polar surface area (TPSA) is 241 Å². The largest absolute Gasteiger partial charge is 0.509 e. The SMILES string of the molecule is COC(=O)C(=O)OC.COC(=O)c1cn(CC(OC)OC)c(C(=O)OC)c(OC)c1=O.COCC(O)=C(C=NCC(OC)OC)C(=O)OC. The van der Waals surface area contributed by atoms with Crippen molar-refractivity contribution in [3.63, 3.8) is 0 Å². The number of aliphatic imine (C=N–C) groups is 1. The summed E-state index contributed by atoms with van der Waals surface area (Å²) in [4.78, 5) is 71.5. The molecule has 20 nitrogen and oxygen atoms in total. The van der Waals surface area contributed by atoms with Gasteiger partial charge in [0.05, 0.1) is 55.7 Å². The Bertz CT molecular complexity index is 1310. The van der Waals surface area contributed by atoms with Gasteiger partial charge in [0.1, 0.15) is 23.5 Å². The van der Waals surface area contributed by atoms with Crippen molar-refractivity contribution in [1.82, 2.24) is 4.57 Å². The van der Waals surface area contributed by atoms with E-state index in [2.05, 4.69) is 28.7 Å². The van der Waals surface area contributed by atoms with Crippen LogP contribution in [0.3, 0.4) is 0 Å². The van der Waals surface area contributed by atoms with Crippen LogP contribution in [0.2, 0.25) is 0 Å². The van der Waals surface area contributed by atoms with Crippen LogP contribution in [0.4, 0.5) is 0 Å². The lowest BCUT2D eigenvalue weighted by Crippen LogP contribution is -2.30. The van der Waals surface area contributed by atoms with E-state index in [9.17, 15) is 33.9 Å². The molecule has 1 N–H and O–H groups in total. The Morgan fingerprint density at radius 2 is 1.22 bits per heavy atom. The van der Waals surface area contributed by atoms with E-state index in [0.717, 1.165) is 28.4 Å². The molecule has 0 unspecified atom stereocenters. The van der Waals surface area contributed by atoms with E-state index < -0.39 is 47.9 Å². The molecule has 278 valence electrons. The molecular formula is C29H44N2O18. The first-order valence-electron chi connectivity index (χ1n) is 13.5. The van der Waals surface area contributed by atoms with Crippen molar-refractivity contribution >= 4 is 36.1 Å². The highest BCUT2D eigenvalue weighted by molar-refractivity contribution is 6.29. The molecule has 0 radical (unpaired) electrons. The first-order chi connectivity index (χ1) is 23.3. The average molecular weight is 709 g/mol. The van der Waals surface area contributed by atoms with Crippen molar-refractivity contribution in [3.8, 4) is 5.75 Å². The van der Waals surface area contributed by atoms with Gasteiger partial charge in [-0.15, -0.1) is 0 Å². The maximum absolute atomic E-state index is 12.3. The number of hydrogen-bond acceptors (Lipinski definition) is 19. The first kappa shape index (κ1) is 46.2. The van der Waals surface area contributed by atoms with Crippen LogP contribution in [0.15, 0.2) is 27.3 Å². The number of aliphatic hydroxyl groups excluding tert-OH is 1. The number of pyridine rings is 1. The van der Waals surface area contributed by atoms with E-state index in [-0.39, 0.29) is 48.0 Å². The fourth-order valence-corrected chi connectivity index (χ4v) is 3.15. The fourth-order valence-electron chi connectivity index (χ4n) is 3.15. The van der Waals surface area contributed by atoms with Crippen LogP contribution < -0.4 is 10.2 Å². The maximum atomic E-state index is 12.3. The van der Waals surface area contributed by atoms with Gasteiger partial charge in [0.25, 0.3) is 0 Å². The number of esters is 5. The second-order valence-corrected chi connectivity index (χ2v) is 8.45. The van der Waals surface area contributed by atoms with Crippen LogP contribution in [0.25, 0.3) is 0 Å². The Morgan fingerprint density at radius 1 is 0.735 bits per heavy atom. The number of ether oxygens (including phenoxy) is 11. The van der Waals surface area contributed by atoms with E-state index in [1.165, 1.54) is 66.7 Å². The van der Waals surface area contributed by atoms with E-state index in [1.54, 1.807) is 0 Å². The van der Waals surface area contributed by atoms with Gasteiger partial charge in [-0.1, -0.05) is 0 Å². The number of hydrogen-bond donors (Lipinski definition) is 1. The Labute approximate surface area is 282 Å². The van der Waals surface area contributed by atoms with Gasteiger partial charge in [-0.2, -0.15) is 0 Å². The summed E-state index contributed by atoms with van der Waals surface area (Å²) >= 11 is 0. The summed E-state index contributed by atoms with van der Waals surface area (Å²) in [5.74, 6) is -4.89. The van der Waals surface area contributed by atoms with Crippen LogP contribution in [0.1, 0.15) is 20.8 Å². The third kappa shape index (κ3) is 15.7. The number of methoxy groups -OCH3 is 11. The van der Waals surface area contributed by atoms with E-state index >= 15 is 0 Å². The van der Waals surface area contributed by atoms with Gasteiger partial charge < -0.3 is 61.8 Å². The molecule has 20 heteroatoms. The van der Waals surface area contributed by atoms with Crippen LogP contribution in [-0.4, -0.2) is 150 Å². The molecule has 0 amide bonds. The molecular weight excluding hydrogens is 664 g/mol. The van der Waals surface area contributed by atoms with Gasteiger partial charge >= 0.3 is 29.8 Å². The molecule has 0 aliphatic carbocycles. The average Bonchev–Trinajstić information content (AvgIpc) is 3.12. The Hall–Kier alpha value is -4.89. The molecule has 0 bridgehead atoms. The van der Waals surface area contributed by atoms with Gasteiger partial charge in [-0.3, -0.25) is 9.79 Å². The molecule has 1 aromatic rings. The molecule has 49 heavy (non-hydrogen) atoms. The number of carbonyl (C=O) groups excluding carboxylic acids is 5. The van der Waals surface area contributed by atoms with E-state index in [0.29, 0.717) is 0 Å². The van der Waals surface area contributed by atoms with E-state index in [4.69, 9.17) is 28.4 Å². The fraction of sp³-hybridized carbons (Fsp3) is 0.552. The van der Waals surface area contributed by atoms with E-state index in [1.807, 2.05) is 0 Å². The number of aliphatic hydroxyl groups is 1. The second-order valence-electron chi connectivity index (χ2n) is 8.45. The third-order valence-electron chi connectivity index (χ3n) is 5.63. The zero-order valence-corrected chi connectivity index (χ0v) is 29.2. The number of nitrogens with zero attached hydrogens (tertiary/aromatic N) is 2. The monoisotopic (exact) mass is 708 g/mol. The second kappa shape index (κ2) is 26.1. The molecule has 1 heterocycles. The Balaban J connectivity index is 0. The van der Waals surface area contributed by atoms with Crippen LogP contribution in [0.5, 0.6) is 5.75 Å². The summed E-state index contributed by atoms with van der Waals surface area (Å²) in [6.45, 7) is 0.0975. The normalized spacial score (nSPS) is 11.0. The third-order valence-corrected chi connectivity index (χ3v) is 5.63. The van der Waals surface area contributed by atoms with Crippen LogP contribution in [0, 0.1) is 0 Å². The lowest BCUT2D eigenvalue weighted by Gasteiger charge is -2.20. The zero-order chi connectivity index (χ0) is 38.1.